The summed E-state index contributed by atoms with van der Waals surface area (Å²) < 4.78 is 88.4. The summed E-state index contributed by atoms with van der Waals surface area (Å²) in [6.07, 6.45) is -3.63. The maximum Gasteiger partial charge on any atom is 0.445 e. The standard InChI is InChI=1S/C26H23ClF4N6O4S2/c1-2-17-19(6-7-20(32-17)36-9-3-11-43(36,39)40)41-13-21(38)35-10-8-18-23(22(35)15-5-4-14(27)12-16(15)28)37-25(33-18)42-24(34-37)26(29,30)31/h4-7,12,22H,2-3,8-11,13H2,1H3/t22-/m0/s1. The zero-order valence-electron chi connectivity index (χ0n) is 22.4. The first kappa shape index (κ1) is 29.6. The van der Waals surface area contributed by atoms with Crippen LogP contribution in [0.3, 0.4) is 0 Å². The first-order valence-electron chi connectivity index (χ1n) is 13.2. The number of amides is 1. The SMILES string of the molecule is CCc1nc(N2CCCS2(=O)=O)ccc1OCC(=O)N1CCc2nc3sc(C(F)(F)F)nn3c2[C@@H]1c1ccc(Cl)cc1F. The van der Waals surface area contributed by atoms with E-state index in [-0.39, 0.29) is 51.5 Å². The van der Waals surface area contributed by atoms with Gasteiger partial charge in [0.1, 0.15) is 23.4 Å². The molecule has 1 fully saturated rings. The number of ether oxygens (including phenoxy) is 1. The Balaban J connectivity index is 1.32. The second-order valence-electron chi connectivity index (χ2n) is 9.95. The molecule has 5 heterocycles. The Hall–Kier alpha value is -3.50. The van der Waals surface area contributed by atoms with E-state index >= 15 is 4.39 Å². The summed E-state index contributed by atoms with van der Waals surface area (Å²) in [5, 5.41) is 2.70. The number of imidazole rings is 1. The number of nitrogens with zero attached hydrogens (tertiary/aromatic N) is 6. The summed E-state index contributed by atoms with van der Waals surface area (Å²) in [5.41, 5.74) is 0.999. The molecule has 1 aromatic carbocycles. The van der Waals surface area contributed by atoms with Crippen molar-refractivity contribution in [2.24, 2.45) is 0 Å². The summed E-state index contributed by atoms with van der Waals surface area (Å²) in [6.45, 7) is 1.72. The van der Waals surface area contributed by atoms with Gasteiger partial charge < -0.3 is 9.64 Å². The summed E-state index contributed by atoms with van der Waals surface area (Å²) in [7, 11) is -3.44. The molecule has 43 heavy (non-hydrogen) atoms. The van der Waals surface area contributed by atoms with E-state index in [1.165, 1.54) is 27.4 Å². The van der Waals surface area contributed by atoms with Gasteiger partial charge in [0.25, 0.3) is 5.91 Å². The maximum absolute atomic E-state index is 15.3. The molecule has 4 aromatic rings. The summed E-state index contributed by atoms with van der Waals surface area (Å²) >= 11 is 6.32. The van der Waals surface area contributed by atoms with Gasteiger partial charge in [-0.1, -0.05) is 35.9 Å². The van der Waals surface area contributed by atoms with E-state index in [1.807, 2.05) is 0 Å². The van der Waals surface area contributed by atoms with E-state index in [1.54, 1.807) is 13.0 Å². The molecule has 0 saturated carbocycles. The van der Waals surface area contributed by atoms with E-state index in [0.29, 0.717) is 42.1 Å². The van der Waals surface area contributed by atoms with Gasteiger partial charge in [-0.3, -0.25) is 9.10 Å². The molecule has 0 aliphatic carbocycles. The number of rotatable bonds is 6. The number of benzene rings is 1. The van der Waals surface area contributed by atoms with Crippen LogP contribution in [-0.2, 0) is 33.8 Å². The summed E-state index contributed by atoms with van der Waals surface area (Å²) in [4.78, 5) is 23.7. The van der Waals surface area contributed by atoms with Crippen LogP contribution in [0.25, 0.3) is 4.96 Å². The number of carbonyl (C=O) groups excluding carboxylic acids is 1. The van der Waals surface area contributed by atoms with Crippen LogP contribution < -0.4 is 9.04 Å². The summed E-state index contributed by atoms with van der Waals surface area (Å²) in [6, 6.07) is 5.74. The highest BCUT2D eigenvalue weighted by molar-refractivity contribution is 7.93. The van der Waals surface area contributed by atoms with Crippen LogP contribution in [0.4, 0.5) is 23.4 Å². The van der Waals surface area contributed by atoms with Crippen LogP contribution >= 0.6 is 22.9 Å². The van der Waals surface area contributed by atoms with Gasteiger partial charge in [0, 0.05) is 30.1 Å². The fourth-order valence-electron chi connectivity index (χ4n) is 5.31. The van der Waals surface area contributed by atoms with E-state index in [4.69, 9.17) is 16.3 Å². The molecule has 0 spiro atoms. The maximum atomic E-state index is 15.3. The molecule has 0 radical (unpaired) electrons. The minimum Gasteiger partial charge on any atom is -0.482 e. The average Bonchev–Trinajstić information content (AvgIpc) is 3.63. The quantitative estimate of drug-likeness (QED) is 0.278. The fraction of sp³-hybridized carbons (Fsp3) is 0.385. The minimum atomic E-state index is -4.71. The van der Waals surface area contributed by atoms with Gasteiger partial charge in [-0.15, -0.1) is 5.10 Å². The Bertz CT molecular complexity index is 1840. The minimum absolute atomic E-state index is 0.00847. The largest absolute Gasteiger partial charge is 0.482 e. The lowest BCUT2D eigenvalue weighted by atomic mass is 9.95. The van der Waals surface area contributed by atoms with Crippen LogP contribution in [0.5, 0.6) is 5.75 Å². The smallest absolute Gasteiger partial charge is 0.445 e. The lowest BCUT2D eigenvalue weighted by molar-refractivity contribution is -0.138. The monoisotopic (exact) mass is 658 g/mol. The van der Waals surface area contributed by atoms with Gasteiger partial charge >= 0.3 is 6.18 Å². The molecule has 10 nitrogen and oxygen atoms in total. The molecule has 3 aromatic heterocycles. The average molecular weight is 659 g/mol. The molecule has 1 saturated heterocycles. The number of anilines is 1. The van der Waals surface area contributed by atoms with E-state index in [9.17, 15) is 26.4 Å². The lowest BCUT2D eigenvalue weighted by Gasteiger charge is -2.35. The third kappa shape index (κ3) is 5.40. The number of halogens is 5. The van der Waals surface area contributed by atoms with Crippen molar-refractivity contribution >= 4 is 49.6 Å². The number of sulfonamides is 1. The molecule has 6 rings (SSSR count). The Morgan fingerprint density at radius 2 is 1.98 bits per heavy atom. The predicted molar refractivity (Wildman–Crippen MR) is 149 cm³/mol. The van der Waals surface area contributed by atoms with Gasteiger partial charge in [0.2, 0.25) is 20.0 Å². The Labute approximate surface area is 251 Å². The molecule has 17 heteroatoms. The highest BCUT2D eigenvalue weighted by atomic mass is 35.5. The van der Waals surface area contributed by atoms with Crippen molar-refractivity contribution in [2.45, 2.75) is 38.4 Å². The van der Waals surface area contributed by atoms with Crippen LogP contribution in [0, 0.1) is 5.82 Å². The molecule has 228 valence electrons. The zero-order chi connectivity index (χ0) is 30.7. The van der Waals surface area contributed by atoms with Crippen LogP contribution in [-0.4, -0.2) is 64.3 Å². The molecule has 0 unspecified atom stereocenters. The van der Waals surface area contributed by atoms with Crippen molar-refractivity contribution in [3.05, 3.63) is 68.8 Å². The number of carbonyl (C=O) groups is 1. The first-order valence-corrected chi connectivity index (χ1v) is 16.0. The van der Waals surface area contributed by atoms with Crippen LogP contribution in [0.1, 0.15) is 47.0 Å². The van der Waals surface area contributed by atoms with Crippen LogP contribution in [0.2, 0.25) is 5.02 Å². The fourth-order valence-corrected chi connectivity index (χ4v) is 7.77. The zero-order valence-corrected chi connectivity index (χ0v) is 24.8. The van der Waals surface area contributed by atoms with Gasteiger partial charge in [0.05, 0.1) is 22.8 Å². The molecule has 0 N–H and O–H groups in total. The van der Waals surface area contributed by atoms with Gasteiger partial charge in [0.15, 0.2) is 6.61 Å². The number of pyridine rings is 1. The van der Waals surface area contributed by atoms with Gasteiger partial charge in [-0.25, -0.2) is 27.3 Å². The number of hydrogen-bond acceptors (Lipinski definition) is 8. The van der Waals surface area contributed by atoms with Crippen molar-refractivity contribution in [2.75, 3.05) is 29.8 Å². The number of fused-ring (bicyclic) bond motifs is 3. The van der Waals surface area contributed by atoms with Crippen LogP contribution in [0.15, 0.2) is 30.3 Å². The van der Waals surface area contributed by atoms with E-state index in [0.717, 1.165) is 10.6 Å². The molecule has 0 bridgehead atoms. The van der Waals surface area contributed by atoms with Gasteiger partial charge in [-0.2, -0.15) is 13.2 Å². The van der Waals surface area contributed by atoms with Crippen molar-refractivity contribution in [1.82, 2.24) is 24.5 Å². The Morgan fingerprint density at radius 3 is 2.65 bits per heavy atom. The number of aryl methyl sites for hydroxylation is 1. The number of alkyl halides is 3. The predicted octanol–water partition coefficient (Wildman–Crippen LogP) is 4.65. The number of hydrogen-bond donors (Lipinski definition) is 0. The first-order chi connectivity index (χ1) is 20.4. The Morgan fingerprint density at radius 1 is 1.19 bits per heavy atom. The molecule has 1 atom stereocenters. The normalized spacial score (nSPS) is 18.3. The van der Waals surface area contributed by atoms with Crippen molar-refractivity contribution in [3.63, 3.8) is 0 Å². The Kier molecular flexibility index (Phi) is 7.49. The topological polar surface area (TPSA) is 110 Å². The molecule has 1 amide bonds. The van der Waals surface area contributed by atoms with Crippen molar-refractivity contribution < 1.29 is 35.5 Å². The number of aromatic nitrogens is 4. The second kappa shape index (κ2) is 10.9. The third-order valence-corrected chi connectivity index (χ3v) is 10.3. The highest BCUT2D eigenvalue weighted by Crippen LogP contribution is 2.40. The van der Waals surface area contributed by atoms with Crippen molar-refractivity contribution in [1.29, 1.82) is 0 Å². The second-order valence-corrected chi connectivity index (χ2v) is 13.4. The van der Waals surface area contributed by atoms with Gasteiger partial charge in [-0.05, 0) is 37.1 Å². The molecule has 2 aliphatic heterocycles. The third-order valence-electron chi connectivity index (χ3n) is 7.25. The highest BCUT2D eigenvalue weighted by Gasteiger charge is 2.41. The summed E-state index contributed by atoms with van der Waals surface area (Å²) in [5.74, 6) is -0.752. The van der Waals surface area contributed by atoms with Crippen molar-refractivity contribution in [3.8, 4) is 5.75 Å². The molecular weight excluding hydrogens is 636 g/mol. The molecule has 2 aliphatic rings. The van der Waals surface area contributed by atoms with E-state index in [2.05, 4.69) is 15.1 Å². The lowest BCUT2D eigenvalue weighted by Crippen LogP contribution is -2.43. The van der Waals surface area contributed by atoms with E-state index < -0.39 is 45.6 Å². The molecular formula is C26H23ClF4N6O4S2.